The Balaban J connectivity index is 1.89. The van der Waals surface area contributed by atoms with Crippen LogP contribution in [0.3, 0.4) is 0 Å². The van der Waals surface area contributed by atoms with Gasteiger partial charge in [0.2, 0.25) is 5.91 Å². The maximum atomic E-state index is 12.8. The minimum Gasteiger partial charge on any atom is -0.462 e. The molecule has 2 heterocycles. The minimum atomic E-state index is -0.650. The lowest BCUT2D eigenvalue weighted by Gasteiger charge is -2.14. The normalized spacial score (nSPS) is 15.8. The Kier molecular flexibility index (Phi) is 6.98. The van der Waals surface area contributed by atoms with Gasteiger partial charge in [-0.15, -0.1) is 11.3 Å². The smallest absolute Gasteiger partial charge is 0.341 e. The lowest BCUT2D eigenvalue weighted by molar-refractivity contribution is -0.131. The highest BCUT2D eigenvalue weighted by atomic mass is 32.1. The van der Waals surface area contributed by atoms with E-state index < -0.39 is 36.4 Å². The summed E-state index contributed by atoms with van der Waals surface area (Å²) in [6, 6.07) is 6.47. The summed E-state index contributed by atoms with van der Waals surface area (Å²) in [5.74, 6) is -1.64. The Morgan fingerprint density at radius 1 is 1.19 bits per heavy atom. The SMILES string of the molecule is CCOC(=O)c1c(NC(=O)CN2C(=O)NC(C(C)C)C2=O)sc(C)c1-c1ccc(C)cc1. The summed E-state index contributed by atoms with van der Waals surface area (Å²) < 4.78 is 5.25. The molecule has 1 aromatic carbocycles. The Bertz CT molecular complexity index is 1060. The van der Waals surface area contributed by atoms with Gasteiger partial charge in [-0.3, -0.25) is 14.5 Å². The summed E-state index contributed by atoms with van der Waals surface area (Å²) in [7, 11) is 0. The van der Waals surface area contributed by atoms with Crippen molar-refractivity contribution in [3.63, 3.8) is 0 Å². The molecule has 0 bridgehead atoms. The monoisotopic (exact) mass is 457 g/mol. The first kappa shape index (κ1) is 23.5. The molecule has 4 amide bonds. The molecule has 1 fully saturated rings. The highest BCUT2D eigenvalue weighted by Gasteiger charge is 2.40. The van der Waals surface area contributed by atoms with E-state index in [1.807, 2.05) is 52.0 Å². The summed E-state index contributed by atoms with van der Waals surface area (Å²) in [6.45, 7) is 8.94. The number of rotatable bonds is 7. The van der Waals surface area contributed by atoms with Gasteiger partial charge in [0.15, 0.2) is 0 Å². The fourth-order valence-electron chi connectivity index (χ4n) is 3.55. The number of anilines is 1. The standard InChI is InChI=1S/C23H27N3O5S/c1-6-31-22(29)18-17(15-9-7-13(4)8-10-15)14(5)32-20(18)24-16(27)11-26-21(28)19(12(2)3)25-23(26)30/h7-10,12,19H,6,11H2,1-5H3,(H,24,27)(H,25,30). The first-order valence-corrected chi connectivity index (χ1v) is 11.2. The Labute approximate surface area is 190 Å². The number of benzene rings is 1. The number of imide groups is 1. The van der Waals surface area contributed by atoms with Crippen LogP contribution in [0, 0.1) is 19.8 Å². The molecule has 0 spiro atoms. The topological polar surface area (TPSA) is 105 Å². The summed E-state index contributed by atoms with van der Waals surface area (Å²) in [5, 5.41) is 5.63. The molecule has 9 heteroatoms. The van der Waals surface area contributed by atoms with Gasteiger partial charge in [0.05, 0.1) is 6.61 Å². The number of esters is 1. The minimum absolute atomic E-state index is 0.0908. The van der Waals surface area contributed by atoms with Gasteiger partial charge in [-0.1, -0.05) is 43.7 Å². The van der Waals surface area contributed by atoms with E-state index in [2.05, 4.69) is 10.6 Å². The van der Waals surface area contributed by atoms with Crippen LogP contribution in [0.1, 0.15) is 41.6 Å². The number of nitrogens with zero attached hydrogens (tertiary/aromatic N) is 1. The first-order chi connectivity index (χ1) is 15.1. The zero-order chi connectivity index (χ0) is 23.6. The fraction of sp³-hybridized carbons (Fsp3) is 0.391. The van der Waals surface area contributed by atoms with Crippen molar-refractivity contribution in [3.8, 4) is 11.1 Å². The van der Waals surface area contributed by atoms with E-state index in [4.69, 9.17) is 4.74 Å². The molecule has 1 atom stereocenters. The average Bonchev–Trinajstić information content (AvgIpc) is 3.19. The van der Waals surface area contributed by atoms with Crippen molar-refractivity contribution in [2.45, 2.75) is 40.7 Å². The number of ether oxygens (including phenoxy) is 1. The summed E-state index contributed by atoms with van der Waals surface area (Å²) >= 11 is 1.25. The van der Waals surface area contributed by atoms with Gasteiger partial charge in [-0.05, 0) is 32.3 Å². The van der Waals surface area contributed by atoms with Gasteiger partial charge in [0.1, 0.15) is 23.2 Å². The number of amides is 4. The quantitative estimate of drug-likeness (QED) is 0.487. The highest BCUT2D eigenvalue weighted by Crippen LogP contribution is 2.40. The lowest BCUT2D eigenvalue weighted by atomic mass is 10.0. The van der Waals surface area contributed by atoms with Crippen LogP contribution >= 0.6 is 11.3 Å². The molecular formula is C23H27N3O5S. The molecule has 1 aliphatic rings. The largest absolute Gasteiger partial charge is 0.462 e. The number of aryl methyl sites for hydroxylation is 2. The van der Waals surface area contributed by atoms with Gasteiger partial charge in [0, 0.05) is 10.4 Å². The van der Waals surface area contributed by atoms with E-state index >= 15 is 0 Å². The van der Waals surface area contributed by atoms with Gasteiger partial charge in [0.25, 0.3) is 5.91 Å². The molecule has 1 saturated heterocycles. The molecule has 3 rings (SSSR count). The second-order valence-electron chi connectivity index (χ2n) is 7.97. The van der Waals surface area contributed by atoms with Crippen molar-refractivity contribution < 1.29 is 23.9 Å². The van der Waals surface area contributed by atoms with Crippen molar-refractivity contribution in [2.75, 3.05) is 18.5 Å². The molecule has 2 N–H and O–H groups in total. The van der Waals surface area contributed by atoms with Crippen LogP contribution < -0.4 is 10.6 Å². The fourth-order valence-corrected chi connectivity index (χ4v) is 4.63. The van der Waals surface area contributed by atoms with E-state index in [-0.39, 0.29) is 18.1 Å². The van der Waals surface area contributed by atoms with Crippen molar-refractivity contribution in [3.05, 3.63) is 40.3 Å². The predicted molar refractivity (Wildman–Crippen MR) is 123 cm³/mol. The number of carbonyl (C=O) groups is 4. The second kappa shape index (κ2) is 9.52. The Hall–Kier alpha value is -3.20. The number of hydrogen-bond donors (Lipinski definition) is 2. The van der Waals surface area contributed by atoms with Crippen LogP contribution in [-0.4, -0.2) is 47.9 Å². The van der Waals surface area contributed by atoms with Crippen LogP contribution in [-0.2, 0) is 14.3 Å². The molecule has 0 aliphatic carbocycles. The molecule has 32 heavy (non-hydrogen) atoms. The van der Waals surface area contributed by atoms with Gasteiger partial charge in [-0.2, -0.15) is 0 Å². The molecule has 2 aromatic rings. The third-order valence-electron chi connectivity index (χ3n) is 5.18. The molecule has 1 aliphatic heterocycles. The highest BCUT2D eigenvalue weighted by molar-refractivity contribution is 7.17. The maximum Gasteiger partial charge on any atom is 0.341 e. The van der Waals surface area contributed by atoms with E-state index in [0.717, 1.165) is 20.9 Å². The molecule has 170 valence electrons. The van der Waals surface area contributed by atoms with E-state index in [9.17, 15) is 19.2 Å². The maximum absolute atomic E-state index is 12.8. The van der Waals surface area contributed by atoms with E-state index in [0.29, 0.717) is 10.6 Å². The van der Waals surface area contributed by atoms with Gasteiger partial charge in [-0.25, -0.2) is 9.59 Å². The molecular weight excluding hydrogens is 430 g/mol. The van der Waals surface area contributed by atoms with Crippen molar-refractivity contribution in [1.29, 1.82) is 0 Å². The Morgan fingerprint density at radius 3 is 2.41 bits per heavy atom. The zero-order valence-electron chi connectivity index (χ0n) is 18.8. The first-order valence-electron chi connectivity index (χ1n) is 10.4. The molecule has 8 nitrogen and oxygen atoms in total. The third-order valence-corrected chi connectivity index (χ3v) is 6.20. The number of nitrogens with one attached hydrogen (secondary N) is 2. The van der Waals surface area contributed by atoms with Crippen molar-refractivity contribution >= 4 is 40.2 Å². The van der Waals surface area contributed by atoms with Gasteiger partial charge >= 0.3 is 12.0 Å². The van der Waals surface area contributed by atoms with E-state index in [1.54, 1.807) is 6.92 Å². The second-order valence-corrected chi connectivity index (χ2v) is 9.19. The number of hydrogen-bond acceptors (Lipinski definition) is 6. The van der Waals surface area contributed by atoms with Crippen molar-refractivity contribution in [2.24, 2.45) is 5.92 Å². The molecule has 0 saturated carbocycles. The summed E-state index contributed by atoms with van der Waals surface area (Å²) in [5.41, 5.74) is 2.88. The number of carbonyl (C=O) groups excluding carboxylic acids is 4. The Morgan fingerprint density at radius 2 is 1.84 bits per heavy atom. The zero-order valence-corrected chi connectivity index (χ0v) is 19.6. The van der Waals surface area contributed by atoms with E-state index in [1.165, 1.54) is 11.3 Å². The van der Waals surface area contributed by atoms with Crippen LogP contribution in [0.2, 0.25) is 0 Å². The lowest BCUT2D eigenvalue weighted by Crippen LogP contribution is -2.39. The summed E-state index contributed by atoms with van der Waals surface area (Å²) in [4.78, 5) is 51.9. The van der Waals surface area contributed by atoms with Crippen molar-refractivity contribution in [1.82, 2.24) is 10.2 Å². The van der Waals surface area contributed by atoms with Crippen LogP contribution in [0.25, 0.3) is 11.1 Å². The van der Waals surface area contributed by atoms with Gasteiger partial charge < -0.3 is 15.4 Å². The predicted octanol–water partition coefficient (Wildman–Crippen LogP) is 3.72. The number of urea groups is 1. The van der Waals surface area contributed by atoms with Crippen LogP contribution in [0.4, 0.5) is 9.80 Å². The molecule has 1 unspecified atom stereocenters. The van der Waals surface area contributed by atoms with Crippen LogP contribution in [0.5, 0.6) is 0 Å². The summed E-state index contributed by atoms with van der Waals surface area (Å²) in [6.07, 6.45) is 0. The average molecular weight is 458 g/mol. The third kappa shape index (κ3) is 4.67. The van der Waals surface area contributed by atoms with Crippen LogP contribution in [0.15, 0.2) is 24.3 Å². The molecule has 1 aromatic heterocycles. The number of thiophene rings is 1. The molecule has 0 radical (unpaired) electrons.